The number of anilines is 1. The van der Waals surface area contributed by atoms with Crippen LogP contribution in [0.4, 0.5) is 5.13 Å². The average Bonchev–Trinajstić information content (AvgIpc) is 2.50. The molecule has 1 aliphatic heterocycles. The molecule has 0 bridgehead atoms. The molecule has 1 unspecified atom stereocenters. The Bertz CT molecular complexity index is 345. The molecule has 2 N–H and O–H groups in total. The van der Waals surface area contributed by atoms with Gasteiger partial charge in [-0.3, -0.25) is 4.79 Å². The van der Waals surface area contributed by atoms with Gasteiger partial charge in [-0.05, 0) is 20.3 Å². The predicted molar refractivity (Wildman–Crippen MR) is 61.2 cm³/mol. The van der Waals surface area contributed by atoms with E-state index in [9.17, 15) is 4.79 Å². The normalized spacial score (nSPS) is 21.2. The second-order valence-electron chi connectivity index (χ2n) is 3.84. The Morgan fingerprint density at radius 2 is 2.33 bits per heavy atom. The van der Waals surface area contributed by atoms with Crippen molar-refractivity contribution in [3.05, 3.63) is 10.6 Å². The summed E-state index contributed by atoms with van der Waals surface area (Å²) in [5.41, 5.74) is 1.09. The third-order valence-electron chi connectivity index (χ3n) is 2.62. The summed E-state index contributed by atoms with van der Waals surface area (Å²) in [5.74, 6) is 0.152. The van der Waals surface area contributed by atoms with Gasteiger partial charge in [-0.2, -0.15) is 0 Å². The highest BCUT2D eigenvalue weighted by Gasteiger charge is 2.18. The van der Waals surface area contributed by atoms with E-state index in [0.717, 1.165) is 17.2 Å². The monoisotopic (exact) mass is 225 g/mol. The minimum atomic E-state index is 0.152. The van der Waals surface area contributed by atoms with Gasteiger partial charge in [0.1, 0.15) is 0 Å². The highest BCUT2D eigenvalue weighted by Crippen LogP contribution is 2.22. The van der Waals surface area contributed by atoms with Gasteiger partial charge in [0.25, 0.3) is 0 Å². The number of nitrogens with zero attached hydrogens (tertiary/aromatic N) is 1. The van der Waals surface area contributed by atoms with Gasteiger partial charge in [0, 0.05) is 23.9 Å². The van der Waals surface area contributed by atoms with Gasteiger partial charge in [0.2, 0.25) is 5.91 Å². The van der Waals surface area contributed by atoms with Crippen LogP contribution in [-0.4, -0.2) is 23.5 Å². The first-order valence-corrected chi connectivity index (χ1v) is 5.94. The molecule has 15 heavy (non-hydrogen) atoms. The molecule has 0 aliphatic carbocycles. The van der Waals surface area contributed by atoms with Crippen LogP contribution in [-0.2, 0) is 4.79 Å². The van der Waals surface area contributed by atoms with E-state index in [0.29, 0.717) is 19.0 Å². The lowest BCUT2D eigenvalue weighted by Gasteiger charge is -2.22. The molecule has 2 heterocycles. The van der Waals surface area contributed by atoms with E-state index >= 15 is 0 Å². The number of amides is 1. The average molecular weight is 225 g/mol. The van der Waals surface area contributed by atoms with Gasteiger partial charge >= 0.3 is 0 Å². The number of aromatic nitrogens is 1. The molecule has 0 radical (unpaired) electrons. The molecule has 5 heteroatoms. The maximum Gasteiger partial charge on any atom is 0.220 e. The Kier molecular flexibility index (Phi) is 2.90. The summed E-state index contributed by atoms with van der Waals surface area (Å²) in [7, 11) is 0. The molecule has 1 atom stereocenters. The Morgan fingerprint density at radius 3 is 2.87 bits per heavy atom. The zero-order valence-corrected chi connectivity index (χ0v) is 9.78. The highest BCUT2D eigenvalue weighted by atomic mass is 32.1. The van der Waals surface area contributed by atoms with Crippen molar-refractivity contribution in [2.45, 2.75) is 32.7 Å². The fraction of sp³-hybridized carbons (Fsp3) is 0.600. The van der Waals surface area contributed by atoms with Crippen LogP contribution in [0.25, 0.3) is 0 Å². The molecule has 1 aromatic heterocycles. The maximum atomic E-state index is 11.0. The number of nitrogens with one attached hydrogen (secondary N) is 2. The second kappa shape index (κ2) is 4.18. The molecule has 0 saturated carbocycles. The molecular formula is C10H15N3OS. The van der Waals surface area contributed by atoms with Crippen molar-refractivity contribution in [1.29, 1.82) is 0 Å². The van der Waals surface area contributed by atoms with Crippen molar-refractivity contribution in [3.8, 4) is 0 Å². The van der Waals surface area contributed by atoms with Crippen LogP contribution in [0.15, 0.2) is 0 Å². The predicted octanol–water partition coefficient (Wildman–Crippen LogP) is 1.45. The van der Waals surface area contributed by atoms with E-state index in [-0.39, 0.29) is 5.91 Å². The van der Waals surface area contributed by atoms with Gasteiger partial charge in [-0.1, -0.05) is 0 Å². The zero-order chi connectivity index (χ0) is 10.8. The number of piperidine rings is 1. The van der Waals surface area contributed by atoms with Crippen LogP contribution >= 0.6 is 11.3 Å². The van der Waals surface area contributed by atoms with Gasteiger partial charge in [0.05, 0.1) is 5.69 Å². The molecule has 2 rings (SSSR count). The van der Waals surface area contributed by atoms with Crippen molar-refractivity contribution < 1.29 is 4.79 Å². The number of aryl methyl sites for hydroxylation is 2. The molecule has 1 saturated heterocycles. The summed E-state index contributed by atoms with van der Waals surface area (Å²) in [4.78, 5) is 16.6. The lowest BCUT2D eigenvalue weighted by molar-refractivity contribution is -0.122. The van der Waals surface area contributed by atoms with Crippen LogP contribution in [0.2, 0.25) is 0 Å². The number of hydrogen-bond acceptors (Lipinski definition) is 4. The van der Waals surface area contributed by atoms with E-state index < -0.39 is 0 Å². The summed E-state index contributed by atoms with van der Waals surface area (Å²) < 4.78 is 0. The second-order valence-corrected chi connectivity index (χ2v) is 5.05. The van der Waals surface area contributed by atoms with Crippen LogP contribution in [0, 0.1) is 13.8 Å². The molecular weight excluding hydrogens is 210 g/mol. The molecule has 82 valence electrons. The summed E-state index contributed by atoms with van der Waals surface area (Å²) in [6, 6.07) is 0.327. The number of rotatable bonds is 2. The Hall–Kier alpha value is -1.10. The molecule has 0 spiro atoms. The lowest BCUT2D eigenvalue weighted by Crippen LogP contribution is -2.41. The van der Waals surface area contributed by atoms with Gasteiger partial charge < -0.3 is 10.6 Å². The fourth-order valence-electron chi connectivity index (χ4n) is 1.57. The Morgan fingerprint density at radius 1 is 1.53 bits per heavy atom. The number of hydrogen-bond donors (Lipinski definition) is 2. The molecule has 1 aliphatic rings. The number of thiazole rings is 1. The smallest absolute Gasteiger partial charge is 0.220 e. The highest BCUT2D eigenvalue weighted by molar-refractivity contribution is 7.15. The first-order chi connectivity index (χ1) is 7.15. The molecule has 4 nitrogen and oxygen atoms in total. The van der Waals surface area contributed by atoms with Crippen molar-refractivity contribution in [3.63, 3.8) is 0 Å². The van der Waals surface area contributed by atoms with E-state index in [1.165, 1.54) is 4.88 Å². The van der Waals surface area contributed by atoms with Gasteiger partial charge in [-0.15, -0.1) is 11.3 Å². The maximum absolute atomic E-state index is 11.0. The SMILES string of the molecule is Cc1nc(NC2CCC(=O)NC2)sc1C. The van der Waals surface area contributed by atoms with Crippen LogP contribution < -0.4 is 10.6 Å². The molecule has 0 aromatic carbocycles. The van der Waals surface area contributed by atoms with Crippen molar-refractivity contribution in [2.75, 3.05) is 11.9 Å². The lowest BCUT2D eigenvalue weighted by atomic mass is 10.1. The topological polar surface area (TPSA) is 54.0 Å². The minimum absolute atomic E-state index is 0.152. The van der Waals surface area contributed by atoms with E-state index in [2.05, 4.69) is 22.5 Å². The number of carbonyl (C=O) groups is 1. The Labute approximate surface area is 93.1 Å². The quantitative estimate of drug-likeness (QED) is 0.801. The van der Waals surface area contributed by atoms with Crippen LogP contribution in [0.5, 0.6) is 0 Å². The first kappa shape index (κ1) is 10.4. The van der Waals surface area contributed by atoms with E-state index in [1.807, 2.05) is 6.92 Å². The molecule has 1 fully saturated rings. The summed E-state index contributed by atoms with van der Waals surface area (Å²) in [5, 5.41) is 7.17. The zero-order valence-electron chi connectivity index (χ0n) is 8.96. The summed E-state index contributed by atoms with van der Waals surface area (Å²) in [6.45, 7) is 4.79. The third-order valence-corrected chi connectivity index (χ3v) is 3.63. The van der Waals surface area contributed by atoms with Crippen molar-refractivity contribution in [2.24, 2.45) is 0 Å². The Balaban J connectivity index is 1.94. The minimum Gasteiger partial charge on any atom is -0.357 e. The van der Waals surface area contributed by atoms with Crippen molar-refractivity contribution in [1.82, 2.24) is 10.3 Å². The summed E-state index contributed by atoms with van der Waals surface area (Å²) >= 11 is 1.67. The first-order valence-electron chi connectivity index (χ1n) is 5.12. The van der Waals surface area contributed by atoms with E-state index in [1.54, 1.807) is 11.3 Å². The third kappa shape index (κ3) is 2.47. The summed E-state index contributed by atoms with van der Waals surface area (Å²) in [6.07, 6.45) is 1.50. The van der Waals surface area contributed by atoms with E-state index in [4.69, 9.17) is 0 Å². The molecule has 1 amide bonds. The molecule has 1 aromatic rings. The van der Waals surface area contributed by atoms with Crippen molar-refractivity contribution >= 4 is 22.4 Å². The van der Waals surface area contributed by atoms with Crippen LogP contribution in [0.1, 0.15) is 23.4 Å². The van der Waals surface area contributed by atoms with Gasteiger partial charge in [-0.25, -0.2) is 4.98 Å². The standard InChI is InChI=1S/C10H15N3OS/c1-6-7(2)15-10(12-6)13-8-3-4-9(14)11-5-8/h8H,3-5H2,1-2H3,(H,11,14)(H,12,13). The van der Waals surface area contributed by atoms with Gasteiger partial charge in [0.15, 0.2) is 5.13 Å². The number of carbonyl (C=O) groups excluding carboxylic acids is 1. The fourth-order valence-corrected chi connectivity index (χ4v) is 2.46. The van der Waals surface area contributed by atoms with Crippen LogP contribution in [0.3, 0.4) is 0 Å². The largest absolute Gasteiger partial charge is 0.357 e.